The second kappa shape index (κ2) is 6.67. The fraction of sp³-hybridized carbons (Fsp3) is 0.667. The lowest BCUT2D eigenvalue weighted by molar-refractivity contribution is 0.267. The van der Waals surface area contributed by atoms with Gasteiger partial charge in [0.1, 0.15) is 4.21 Å². The predicted molar refractivity (Wildman–Crippen MR) is 83.9 cm³/mol. The number of sulfonamides is 1. The van der Waals surface area contributed by atoms with Crippen molar-refractivity contribution in [3.05, 3.63) is 15.9 Å². The van der Waals surface area contributed by atoms with Gasteiger partial charge in [-0.05, 0) is 45.8 Å². The third-order valence-corrected chi connectivity index (χ3v) is 7.28. The van der Waals surface area contributed by atoms with Crippen molar-refractivity contribution in [1.29, 1.82) is 0 Å². The summed E-state index contributed by atoms with van der Waals surface area (Å²) in [5.74, 6) is 0. The van der Waals surface area contributed by atoms with E-state index >= 15 is 0 Å². The predicted octanol–water partition coefficient (Wildman–Crippen LogP) is 2.90. The Kier molecular flexibility index (Phi) is 6.00. The second-order valence-corrected chi connectivity index (χ2v) is 9.17. The van der Waals surface area contributed by atoms with Crippen LogP contribution in [0, 0.1) is 5.41 Å². The number of thiophene rings is 1. The lowest BCUT2D eigenvalue weighted by Crippen LogP contribution is -2.42. The van der Waals surface area contributed by atoms with E-state index in [1.165, 1.54) is 15.6 Å². The van der Waals surface area contributed by atoms with Crippen molar-refractivity contribution >= 4 is 37.3 Å². The van der Waals surface area contributed by atoms with Crippen LogP contribution in [0.1, 0.15) is 27.2 Å². The number of hydrogen-bond acceptors (Lipinski definition) is 4. The van der Waals surface area contributed by atoms with Gasteiger partial charge >= 0.3 is 0 Å². The molecule has 110 valence electrons. The Morgan fingerprint density at radius 1 is 1.47 bits per heavy atom. The number of hydrogen-bond donors (Lipinski definition) is 1. The van der Waals surface area contributed by atoms with Crippen molar-refractivity contribution in [3.63, 3.8) is 0 Å². The molecule has 0 spiro atoms. The van der Waals surface area contributed by atoms with Crippen molar-refractivity contribution in [2.24, 2.45) is 11.1 Å². The molecule has 0 aliphatic heterocycles. The highest BCUT2D eigenvalue weighted by Crippen LogP contribution is 2.31. The van der Waals surface area contributed by atoms with Crippen molar-refractivity contribution in [2.75, 3.05) is 19.6 Å². The molecule has 0 saturated carbocycles. The molecule has 0 unspecified atom stereocenters. The van der Waals surface area contributed by atoms with Gasteiger partial charge in [0, 0.05) is 17.6 Å². The summed E-state index contributed by atoms with van der Waals surface area (Å²) < 4.78 is 27.9. The average molecular weight is 369 g/mol. The van der Waals surface area contributed by atoms with Gasteiger partial charge in [-0.3, -0.25) is 0 Å². The minimum Gasteiger partial charge on any atom is -0.330 e. The highest BCUT2D eigenvalue weighted by atomic mass is 79.9. The van der Waals surface area contributed by atoms with Gasteiger partial charge in [-0.15, -0.1) is 11.3 Å². The molecule has 0 aromatic carbocycles. The first-order valence-electron chi connectivity index (χ1n) is 6.18. The monoisotopic (exact) mass is 368 g/mol. The molecule has 1 heterocycles. The Balaban J connectivity index is 3.09. The number of nitrogens with two attached hydrogens (primary N) is 1. The van der Waals surface area contributed by atoms with Gasteiger partial charge in [-0.25, -0.2) is 8.42 Å². The van der Waals surface area contributed by atoms with E-state index in [1.54, 1.807) is 11.4 Å². The van der Waals surface area contributed by atoms with Gasteiger partial charge in [0.15, 0.2) is 0 Å². The van der Waals surface area contributed by atoms with Crippen LogP contribution in [-0.4, -0.2) is 32.4 Å². The Morgan fingerprint density at radius 3 is 2.53 bits per heavy atom. The maximum atomic E-state index is 12.7. The van der Waals surface area contributed by atoms with E-state index in [9.17, 15) is 8.42 Å². The van der Waals surface area contributed by atoms with Gasteiger partial charge in [0.25, 0.3) is 10.0 Å². The Labute approximate surface area is 128 Å². The quantitative estimate of drug-likeness (QED) is 0.804. The summed E-state index contributed by atoms with van der Waals surface area (Å²) in [4.78, 5) is 0. The highest BCUT2D eigenvalue weighted by molar-refractivity contribution is 9.10. The van der Waals surface area contributed by atoms with Gasteiger partial charge in [-0.2, -0.15) is 4.31 Å². The standard InChI is InChI=1S/C12H21BrN2O2S2/c1-4-6-15(9-12(2,3)8-14)19(16,17)11-10(13)5-7-18-11/h5,7H,4,6,8-9,14H2,1-3H3. The van der Waals surface area contributed by atoms with Gasteiger partial charge in [0.05, 0.1) is 0 Å². The normalized spacial score (nSPS) is 13.2. The zero-order valence-electron chi connectivity index (χ0n) is 11.5. The molecule has 0 radical (unpaired) electrons. The number of nitrogens with zero attached hydrogens (tertiary/aromatic N) is 1. The molecule has 1 aromatic rings. The number of rotatable bonds is 7. The van der Waals surface area contributed by atoms with E-state index in [0.717, 1.165) is 6.42 Å². The molecule has 1 aromatic heterocycles. The van der Waals surface area contributed by atoms with E-state index < -0.39 is 10.0 Å². The molecule has 0 aliphatic carbocycles. The fourth-order valence-electron chi connectivity index (χ4n) is 1.66. The summed E-state index contributed by atoms with van der Waals surface area (Å²) in [5.41, 5.74) is 5.48. The number of halogens is 1. The molecule has 0 fully saturated rings. The third kappa shape index (κ3) is 4.26. The molecular weight excluding hydrogens is 348 g/mol. The zero-order valence-corrected chi connectivity index (χ0v) is 14.7. The SMILES string of the molecule is CCCN(CC(C)(C)CN)S(=O)(=O)c1sccc1Br. The molecule has 0 amide bonds. The molecule has 1 rings (SSSR count). The molecule has 0 saturated heterocycles. The Hall–Kier alpha value is 0.0500. The summed E-state index contributed by atoms with van der Waals surface area (Å²) in [7, 11) is -3.44. The van der Waals surface area contributed by atoms with Crippen LogP contribution in [0.15, 0.2) is 20.1 Å². The molecule has 19 heavy (non-hydrogen) atoms. The van der Waals surface area contributed by atoms with Crippen LogP contribution >= 0.6 is 27.3 Å². The van der Waals surface area contributed by atoms with Crippen LogP contribution in [0.2, 0.25) is 0 Å². The first-order chi connectivity index (χ1) is 8.74. The molecule has 0 atom stereocenters. The topological polar surface area (TPSA) is 63.4 Å². The van der Waals surface area contributed by atoms with E-state index in [1.807, 2.05) is 20.8 Å². The van der Waals surface area contributed by atoms with Crippen LogP contribution < -0.4 is 5.73 Å². The molecule has 4 nitrogen and oxygen atoms in total. The minimum atomic E-state index is -3.44. The lowest BCUT2D eigenvalue weighted by atomic mass is 9.94. The van der Waals surface area contributed by atoms with Crippen LogP contribution in [0.25, 0.3) is 0 Å². The van der Waals surface area contributed by atoms with Crippen molar-refractivity contribution in [2.45, 2.75) is 31.4 Å². The molecule has 0 aliphatic rings. The third-order valence-electron chi connectivity index (χ3n) is 2.79. The van der Waals surface area contributed by atoms with E-state index in [0.29, 0.717) is 28.3 Å². The van der Waals surface area contributed by atoms with E-state index in [-0.39, 0.29) is 5.41 Å². The second-order valence-electron chi connectivity index (χ2n) is 5.26. The van der Waals surface area contributed by atoms with Crippen molar-refractivity contribution < 1.29 is 8.42 Å². The first-order valence-corrected chi connectivity index (χ1v) is 9.29. The molecule has 7 heteroatoms. The summed E-state index contributed by atoms with van der Waals surface area (Å²) >= 11 is 4.53. The summed E-state index contributed by atoms with van der Waals surface area (Å²) in [5, 5.41) is 1.77. The summed E-state index contributed by atoms with van der Waals surface area (Å²) in [6.07, 6.45) is 0.781. The maximum absolute atomic E-state index is 12.7. The summed E-state index contributed by atoms with van der Waals surface area (Å²) in [6.45, 7) is 7.33. The van der Waals surface area contributed by atoms with E-state index in [4.69, 9.17) is 5.73 Å². The van der Waals surface area contributed by atoms with Crippen LogP contribution in [-0.2, 0) is 10.0 Å². The highest BCUT2D eigenvalue weighted by Gasteiger charge is 2.31. The fourth-order valence-corrected chi connectivity index (χ4v) is 5.83. The first kappa shape index (κ1) is 17.1. The van der Waals surface area contributed by atoms with Gasteiger partial charge < -0.3 is 5.73 Å². The van der Waals surface area contributed by atoms with Crippen LogP contribution in [0.5, 0.6) is 0 Å². The van der Waals surface area contributed by atoms with Gasteiger partial charge in [-0.1, -0.05) is 20.8 Å². The van der Waals surface area contributed by atoms with Crippen molar-refractivity contribution in [3.8, 4) is 0 Å². The Morgan fingerprint density at radius 2 is 2.11 bits per heavy atom. The molecule has 0 bridgehead atoms. The molecule has 2 N–H and O–H groups in total. The summed E-state index contributed by atoms with van der Waals surface area (Å²) in [6, 6.07) is 1.76. The largest absolute Gasteiger partial charge is 0.330 e. The lowest BCUT2D eigenvalue weighted by Gasteiger charge is -2.30. The zero-order chi connectivity index (χ0) is 14.7. The average Bonchev–Trinajstić information content (AvgIpc) is 2.75. The van der Waals surface area contributed by atoms with Crippen LogP contribution in [0.3, 0.4) is 0 Å². The van der Waals surface area contributed by atoms with Crippen molar-refractivity contribution in [1.82, 2.24) is 4.31 Å². The minimum absolute atomic E-state index is 0.230. The maximum Gasteiger partial charge on any atom is 0.253 e. The van der Waals surface area contributed by atoms with E-state index in [2.05, 4.69) is 15.9 Å². The molecular formula is C12H21BrN2O2S2. The van der Waals surface area contributed by atoms with Crippen LogP contribution in [0.4, 0.5) is 0 Å². The Bertz CT molecular complexity index is 512. The smallest absolute Gasteiger partial charge is 0.253 e. The van der Waals surface area contributed by atoms with Gasteiger partial charge in [0.2, 0.25) is 0 Å².